The molecule has 0 saturated carbocycles. The number of fused-ring (bicyclic) bond motifs is 2. The molecule has 0 radical (unpaired) electrons. The van der Waals surface area contributed by atoms with Crippen molar-refractivity contribution in [2.75, 3.05) is 75.1 Å². The van der Waals surface area contributed by atoms with Crippen molar-refractivity contribution >= 4 is 134 Å². The van der Waals surface area contributed by atoms with Crippen molar-refractivity contribution in [3.63, 3.8) is 0 Å². The van der Waals surface area contributed by atoms with Gasteiger partial charge in [0, 0.05) is 54.8 Å². The highest BCUT2D eigenvalue weighted by molar-refractivity contribution is 7.98. The lowest BCUT2D eigenvalue weighted by atomic mass is 10.2. The van der Waals surface area contributed by atoms with Crippen LogP contribution in [0.25, 0.3) is 20.4 Å². The monoisotopic (exact) mass is 981 g/mol. The molecule has 0 spiro atoms. The van der Waals surface area contributed by atoms with Gasteiger partial charge in [0.15, 0.2) is 15.2 Å². The summed E-state index contributed by atoms with van der Waals surface area (Å²) in [5, 5.41) is 33.1. The van der Waals surface area contributed by atoms with E-state index in [-0.39, 0.29) is 11.9 Å². The van der Waals surface area contributed by atoms with Crippen molar-refractivity contribution < 1.29 is 18.9 Å². The third-order valence-electron chi connectivity index (χ3n) is 10.4. The van der Waals surface area contributed by atoms with Gasteiger partial charge in [-0.3, -0.25) is 0 Å². The molecule has 17 nitrogen and oxygen atoms in total. The largest absolute Gasteiger partial charge is 0.495 e. The highest BCUT2D eigenvalue weighted by Crippen LogP contribution is 2.46. The van der Waals surface area contributed by atoms with Gasteiger partial charge in [-0.25, -0.2) is 0 Å². The molecule has 8 aromatic rings. The van der Waals surface area contributed by atoms with Gasteiger partial charge in [0.1, 0.15) is 44.0 Å². The second kappa shape index (κ2) is 21.4. The van der Waals surface area contributed by atoms with Crippen molar-refractivity contribution in [2.24, 2.45) is 20.5 Å². The molecule has 0 amide bonds. The number of anilines is 6. The average molecular weight is 982 g/mol. The second-order valence-electron chi connectivity index (χ2n) is 14.1. The van der Waals surface area contributed by atoms with Gasteiger partial charge in [-0.2, -0.15) is 23.7 Å². The molecule has 66 heavy (non-hydrogen) atoms. The van der Waals surface area contributed by atoms with Gasteiger partial charge in [-0.15, -0.1) is 43.1 Å². The molecule has 2 N–H and O–H groups in total. The Balaban J connectivity index is 1.24. The number of rotatable bonds is 21. The first-order chi connectivity index (χ1) is 32.3. The lowest BCUT2D eigenvalue weighted by molar-refractivity contribution is 0.414. The van der Waals surface area contributed by atoms with Gasteiger partial charge in [-0.1, -0.05) is 42.1 Å². The number of ether oxygens (including phenoxy) is 4. The van der Waals surface area contributed by atoms with E-state index in [2.05, 4.69) is 69.0 Å². The molecule has 22 heteroatoms. The van der Waals surface area contributed by atoms with Gasteiger partial charge >= 0.3 is 0 Å². The summed E-state index contributed by atoms with van der Waals surface area (Å²) in [4.78, 5) is 20.9. The Morgan fingerprint density at radius 1 is 0.576 bits per heavy atom. The lowest BCUT2D eigenvalue weighted by Crippen LogP contribution is -2.22. The van der Waals surface area contributed by atoms with Gasteiger partial charge in [0.05, 0.1) is 62.0 Å². The SMILES string of the molecule is CCN(CC)c1cc(Nc2nc(Nc3cc(N(CC)CC)c(OC)cc3N=Nc3snc4scc(OC)c34)nc(SCc3ccccc3)n2)c(N=Nc2snc3scc(OC)c23)cc1OC. The Morgan fingerprint density at radius 2 is 1.03 bits per heavy atom. The first-order valence-corrected chi connectivity index (χ1v) is 25.2. The molecule has 0 unspecified atom stereocenters. The van der Waals surface area contributed by atoms with Crippen LogP contribution in [0.5, 0.6) is 23.0 Å². The summed E-state index contributed by atoms with van der Waals surface area (Å²) < 4.78 is 32.3. The zero-order valence-electron chi connectivity index (χ0n) is 37.5. The van der Waals surface area contributed by atoms with Crippen molar-refractivity contribution in [3.05, 3.63) is 70.9 Å². The van der Waals surface area contributed by atoms with E-state index in [0.717, 1.165) is 63.6 Å². The van der Waals surface area contributed by atoms with Crippen molar-refractivity contribution in [1.29, 1.82) is 0 Å². The van der Waals surface area contributed by atoms with Crippen molar-refractivity contribution in [2.45, 2.75) is 38.6 Å². The van der Waals surface area contributed by atoms with E-state index < -0.39 is 0 Å². The first kappa shape index (κ1) is 46.3. The predicted octanol–water partition coefficient (Wildman–Crippen LogP) is 13.6. The summed E-state index contributed by atoms with van der Waals surface area (Å²) in [6.45, 7) is 11.4. The van der Waals surface area contributed by atoms with Crippen LogP contribution in [0.4, 0.5) is 56.0 Å². The molecular formula is C44H47N13O4S5. The van der Waals surface area contributed by atoms with Gasteiger partial charge in [0.2, 0.25) is 11.9 Å². The summed E-state index contributed by atoms with van der Waals surface area (Å²) in [5.41, 5.74) is 5.03. The second-order valence-corrected chi connectivity index (χ2v) is 18.2. The summed E-state index contributed by atoms with van der Waals surface area (Å²) in [6, 6.07) is 17.9. The number of hydrogen-bond donors (Lipinski definition) is 2. The number of thioether (sulfide) groups is 1. The molecule has 0 aliphatic heterocycles. The molecule has 3 aromatic carbocycles. The highest BCUT2D eigenvalue weighted by atomic mass is 32.2. The molecule has 0 fully saturated rings. The van der Waals surface area contributed by atoms with E-state index in [1.54, 1.807) is 28.4 Å². The van der Waals surface area contributed by atoms with Crippen molar-refractivity contribution in [1.82, 2.24) is 23.7 Å². The number of nitrogens with zero attached hydrogens (tertiary/aromatic N) is 11. The molecular weight excluding hydrogens is 935 g/mol. The number of azo groups is 2. The molecule has 5 aromatic heterocycles. The maximum atomic E-state index is 5.94. The zero-order chi connectivity index (χ0) is 46.2. The number of nitrogens with one attached hydrogen (secondary N) is 2. The predicted molar refractivity (Wildman–Crippen MR) is 272 cm³/mol. The summed E-state index contributed by atoms with van der Waals surface area (Å²) in [5.74, 6) is 3.84. The third-order valence-corrected chi connectivity index (χ3v) is 14.7. The third kappa shape index (κ3) is 9.96. The molecule has 342 valence electrons. The number of hydrogen-bond acceptors (Lipinski definition) is 22. The number of thiophene rings is 2. The standard InChI is InChI=1S/C44H47N13O4S5/c1-9-56(10-2)30-18-26(28(20-32(30)58-5)50-52-38-36-34(60-7)23-62-40(36)54-65-38)45-42-47-43(49-44(48-42)64-22-25-16-14-13-15-17-25)46-27-19-31(57(11-3)12-4)33(59-6)21-29(27)51-53-39-37-35(61-8)24-63-41(37)55-66-39/h13-21,23-24H,9-12,22H2,1-8H3,(H2,45,46,47,48,49). The Morgan fingerprint density at radius 3 is 1.45 bits per heavy atom. The van der Waals surface area contributed by atoms with E-state index in [1.165, 1.54) is 57.5 Å². The van der Waals surface area contributed by atoms with Crippen LogP contribution in [0.2, 0.25) is 0 Å². The maximum Gasteiger partial charge on any atom is 0.233 e. The smallest absolute Gasteiger partial charge is 0.233 e. The summed E-state index contributed by atoms with van der Waals surface area (Å²) >= 11 is 7.00. The van der Waals surface area contributed by atoms with Crippen LogP contribution in [-0.2, 0) is 5.75 Å². The molecule has 0 bridgehead atoms. The Kier molecular flexibility index (Phi) is 15.0. The molecule has 0 aliphatic rings. The number of aromatic nitrogens is 5. The van der Waals surface area contributed by atoms with Crippen LogP contribution in [0.3, 0.4) is 0 Å². The van der Waals surface area contributed by atoms with E-state index in [0.29, 0.717) is 66.7 Å². The number of methoxy groups -OCH3 is 4. The van der Waals surface area contributed by atoms with Crippen LogP contribution >= 0.6 is 57.5 Å². The molecule has 0 saturated heterocycles. The minimum atomic E-state index is 0.270. The average Bonchev–Trinajstić information content (AvgIpc) is 4.15. The minimum Gasteiger partial charge on any atom is -0.495 e. The normalized spacial score (nSPS) is 11.6. The molecule has 0 atom stereocenters. The first-order valence-electron chi connectivity index (χ1n) is 20.9. The van der Waals surface area contributed by atoms with Crippen LogP contribution in [0.1, 0.15) is 33.3 Å². The quantitative estimate of drug-likeness (QED) is 0.0512. The van der Waals surface area contributed by atoms with E-state index in [9.17, 15) is 0 Å². The maximum absolute atomic E-state index is 5.94. The van der Waals surface area contributed by atoms with Crippen LogP contribution in [0, 0.1) is 0 Å². The van der Waals surface area contributed by atoms with E-state index >= 15 is 0 Å². The van der Waals surface area contributed by atoms with Gasteiger partial charge in [0.25, 0.3) is 0 Å². The van der Waals surface area contributed by atoms with E-state index in [1.807, 2.05) is 53.2 Å². The highest BCUT2D eigenvalue weighted by Gasteiger charge is 2.21. The fraction of sp³-hybridized carbons (Fsp3) is 0.295. The Labute approximate surface area is 402 Å². The minimum absolute atomic E-state index is 0.270. The molecule has 8 rings (SSSR count). The van der Waals surface area contributed by atoms with Gasteiger partial charge in [-0.05, 0) is 68.5 Å². The summed E-state index contributed by atoms with van der Waals surface area (Å²) in [6.07, 6.45) is 0. The lowest BCUT2D eigenvalue weighted by Gasteiger charge is -2.25. The van der Waals surface area contributed by atoms with E-state index in [4.69, 9.17) is 54.4 Å². The van der Waals surface area contributed by atoms with Crippen LogP contribution < -0.4 is 39.4 Å². The van der Waals surface area contributed by atoms with Crippen LogP contribution in [0.15, 0.2) is 91.0 Å². The topological polar surface area (TPSA) is 181 Å². The Hall–Kier alpha value is -6.20. The fourth-order valence-corrected chi connectivity index (χ4v) is 11.3. The summed E-state index contributed by atoms with van der Waals surface area (Å²) in [7, 11) is 6.56. The fourth-order valence-electron chi connectivity index (χ4n) is 7.02. The molecule has 0 aliphatic carbocycles. The molecule has 5 heterocycles. The number of benzene rings is 3. The van der Waals surface area contributed by atoms with Crippen LogP contribution in [-0.4, -0.2) is 78.3 Å². The van der Waals surface area contributed by atoms with Gasteiger partial charge < -0.3 is 39.4 Å². The Bertz CT molecular complexity index is 2810. The van der Waals surface area contributed by atoms with Crippen molar-refractivity contribution in [3.8, 4) is 23.0 Å². The zero-order valence-corrected chi connectivity index (χ0v) is 41.6.